The van der Waals surface area contributed by atoms with Gasteiger partial charge in [-0.1, -0.05) is 36.4 Å². The summed E-state index contributed by atoms with van der Waals surface area (Å²) in [5.41, 5.74) is 4.81. The van der Waals surface area contributed by atoms with Gasteiger partial charge in [-0.2, -0.15) is 0 Å². The van der Waals surface area contributed by atoms with E-state index in [1.54, 1.807) is 61.5 Å². The van der Waals surface area contributed by atoms with Gasteiger partial charge < -0.3 is 25.0 Å². The van der Waals surface area contributed by atoms with Gasteiger partial charge in [0.2, 0.25) is 5.91 Å². The first-order valence-corrected chi connectivity index (χ1v) is 15.1. The summed E-state index contributed by atoms with van der Waals surface area (Å²) in [6.45, 7) is 2.31. The molecule has 47 heavy (non-hydrogen) atoms. The average molecular weight is 636 g/mol. The van der Waals surface area contributed by atoms with Crippen LogP contribution in [0.2, 0.25) is 0 Å². The molecule has 4 amide bonds. The Bertz CT molecular complexity index is 1780. The first kappa shape index (κ1) is 32.7. The van der Waals surface area contributed by atoms with Crippen LogP contribution in [0.3, 0.4) is 0 Å². The van der Waals surface area contributed by atoms with Gasteiger partial charge >= 0.3 is 12.0 Å². The minimum Gasteiger partial charge on any atom is -0.495 e. The number of aromatic nitrogens is 1. The predicted molar refractivity (Wildman–Crippen MR) is 179 cm³/mol. The molecule has 5 rings (SSSR count). The van der Waals surface area contributed by atoms with Crippen LogP contribution in [-0.2, 0) is 16.0 Å². The number of anilines is 3. The molecule has 0 bridgehead atoms. The Morgan fingerprint density at radius 2 is 1.64 bits per heavy atom. The number of methoxy groups -OCH3 is 1. The Morgan fingerprint density at radius 3 is 2.30 bits per heavy atom. The Kier molecular flexibility index (Phi) is 9.84. The fourth-order valence-electron chi connectivity index (χ4n) is 5.81. The van der Waals surface area contributed by atoms with Gasteiger partial charge in [0.1, 0.15) is 5.75 Å². The summed E-state index contributed by atoms with van der Waals surface area (Å²) in [7, 11) is 4.87. The van der Waals surface area contributed by atoms with Crippen molar-refractivity contribution in [1.29, 1.82) is 0 Å². The number of ether oxygens (including phenoxy) is 1. The van der Waals surface area contributed by atoms with Crippen molar-refractivity contribution >= 4 is 40.9 Å². The normalized spacial score (nSPS) is 15.5. The van der Waals surface area contributed by atoms with E-state index in [9.17, 15) is 24.3 Å². The Labute approximate surface area is 273 Å². The van der Waals surface area contributed by atoms with Gasteiger partial charge in [-0.3, -0.25) is 24.3 Å². The summed E-state index contributed by atoms with van der Waals surface area (Å²) in [5, 5.41) is 12.8. The number of likely N-dealkylation sites (N-methyl/N-ethyl adjacent to an activating group) is 1. The van der Waals surface area contributed by atoms with Crippen LogP contribution in [0.15, 0.2) is 91.3 Å². The molecule has 1 aliphatic heterocycles. The number of pyridine rings is 1. The zero-order valence-electron chi connectivity index (χ0n) is 26.7. The molecular weight excluding hydrogens is 598 g/mol. The third-order valence-corrected chi connectivity index (χ3v) is 8.58. The largest absolute Gasteiger partial charge is 0.495 e. The van der Waals surface area contributed by atoms with E-state index in [1.165, 1.54) is 29.3 Å². The van der Waals surface area contributed by atoms with E-state index in [2.05, 4.69) is 10.3 Å². The quantitative estimate of drug-likeness (QED) is 0.258. The zero-order chi connectivity index (χ0) is 33.7. The number of amides is 4. The maximum Gasteiger partial charge on any atom is 0.326 e. The van der Waals surface area contributed by atoms with E-state index in [0.29, 0.717) is 28.3 Å². The molecule has 2 atom stereocenters. The van der Waals surface area contributed by atoms with Gasteiger partial charge in [0.25, 0.3) is 5.91 Å². The Hall–Kier alpha value is -5.71. The molecule has 2 N–H and O–H groups in total. The van der Waals surface area contributed by atoms with E-state index in [1.807, 2.05) is 43.3 Å². The lowest BCUT2D eigenvalue weighted by Crippen LogP contribution is -2.31. The second-order valence-corrected chi connectivity index (χ2v) is 11.5. The molecule has 11 heteroatoms. The smallest absolute Gasteiger partial charge is 0.326 e. The van der Waals surface area contributed by atoms with Gasteiger partial charge in [-0.05, 0) is 66.1 Å². The van der Waals surface area contributed by atoms with Crippen molar-refractivity contribution in [2.75, 3.05) is 49.4 Å². The lowest BCUT2D eigenvalue weighted by atomic mass is 9.89. The molecule has 0 saturated carbocycles. The third-order valence-electron chi connectivity index (χ3n) is 8.58. The summed E-state index contributed by atoms with van der Waals surface area (Å²) in [6.07, 6.45) is 3.15. The topological polar surface area (TPSA) is 132 Å². The van der Waals surface area contributed by atoms with Crippen LogP contribution in [0.5, 0.6) is 5.75 Å². The molecule has 4 aromatic rings. The highest BCUT2D eigenvalue weighted by Crippen LogP contribution is 2.35. The van der Waals surface area contributed by atoms with Crippen molar-refractivity contribution in [3.8, 4) is 5.75 Å². The van der Waals surface area contributed by atoms with E-state index < -0.39 is 17.8 Å². The highest BCUT2D eigenvalue weighted by atomic mass is 16.5. The number of benzene rings is 3. The zero-order valence-corrected chi connectivity index (χ0v) is 26.7. The Balaban J connectivity index is 1.23. The van der Waals surface area contributed by atoms with Crippen LogP contribution in [0.4, 0.5) is 21.9 Å². The number of carbonyl (C=O) groups excluding carboxylic acids is 3. The van der Waals surface area contributed by atoms with Gasteiger partial charge in [0.15, 0.2) is 0 Å². The monoisotopic (exact) mass is 635 g/mol. The number of nitrogens with zero attached hydrogens (tertiary/aromatic N) is 4. The van der Waals surface area contributed by atoms with Crippen molar-refractivity contribution in [1.82, 2.24) is 9.88 Å². The number of aliphatic carboxylic acids is 1. The molecule has 1 fully saturated rings. The molecule has 0 radical (unpaired) electrons. The van der Waals surface area contributed by atoms with Crippen LogP contribution in [0.1, 0.15) is 33.0 Å². The second kappa shape index (κ2) is 14.2. The van der Waals surface area contributed by atoms with Gasteiger partial charge in [-0.15, -0.1) is 0 Å². The molecule has 0 spiro atoms. The summed E-state index contributed by atoms with van der Waals surface area (Å²) in [5.74, 6) is -2.09. The number of hydrogen-bond donors (Lipinski definition) is 2. The fraction of sp³-hybridized carbons (Fsp3) is 0.250. The third kappa shape index (κ3) is 7.25. The summed E-state index contributed by atoms with van der Waals surface area (Å²) < 4.78 is 5.53. The van der Waals surface area contributed by atoms with Crippen LogP contribution in [0, 0.1) is 12.8 Å². The highest BCUT2D eigenvalue weighted by Gasteiger charge is 2.40. The van der Waals surface area contributed by atoms with Crippen molar-refractivity contribution in [3.63, 3.8) is 0 Å². The summed E-state index contributed by atoms with van der Waals surface area (Å²) in [6, 6.07) is 22.9. The van der Waals surface area contributed by atoms with E-state index in [4.69, 9.17) is 4.74 Å². The summed E-state index contributed by atoms with van der Waals surface area (Å²) >= 11 is 0. The van der Waals surface area contributed by atoms with Crippen molar-refractivity contribution in [3.05, 3.63) is 114 Å². The number of urea groups is 1. The van der Waals surface area contributed by atoms with Crippen LogP contribution in [0.25, 0.3) is 0 Å². The molecule has 1 aliphatic rings. The SMILES string of the molecule is COc1cc(CC(=O)N(C)c2ccc(C3CN(C(=O)c4ccncc4)CC3C(=O)O)cc2)ccc1NC(=O)N(C)c1ccccc1C. The molecule has 2 unspecified atom stereocenters. The maximum absolute atomic E-state index is 13.3. The molecule has 0 aliphatic carbocycles. The highest BCUT2D eigenvalue weighted by molar-refractivity contribution is 6.03. The molecule has 1 saturated heterocycles. The number of nitrogens with one attached hydrogen (secondary N) is 1. The standard InChI is InChI=1S/C36H37N5O6/c1-23-7-5-6-8-31(23)40(3)36(46)38-30-14-9-24(19-32(30)47-4)20-33(42)39(2)27-12-10-25(11-13-27)28-21-41(22-29(28)35(44)45)34(43)26-15-17-37-18-16-26/h5-19,28-29H,20-22H2,1-4H3,(H,38,46)(H,44,45). The van der Waals surface area contributed by atoms with Crippen LogP contribution < -0.4 is 19.9 Å². The van der Waals surface area contributed by atoms with Crippen molar-refractivity contribution in [2.45, 2.75) is 19.3 Å². The number of aryl methyl sites for hydroxylation is 1. The minimum absolute atomic E-state index is 0.0851. The van der Waals surface area contributed by atoms with E-state index >= 15 is 0 Å². The van der Waals surface area contributed by atoms with E-state index in [0.717, 1.165) is 16.8 Å². The molecular formula is C36H37N5O6. The number of carbonyl (C=O) groups is 4. The lowest BCUT2D eigenvalue weighted by Gasteiger charge is -2.21. The van der Waals surface area contributed by atoms with E-state index in [-0.39, 0.29) is 37.4 Å². The number of para-hydroxylation sites is 1. The number of rotatable bonds is 9. The molecule has 3 aromatic carbocycles. The molecule has 242 valence electrons. The Morgan fingerprint density at radius 1 is 0.936 bits per heavy atom. The first-order valence-electron chi connectivity index (χ1n) is 15.1. The lowest BCUT2D eigenvalue weighted by molar-refractivity contribution is -0.141. The summed E-state index contributed by atoms with van der Waals surface area (Å²) in [4.78, 5) is 59.9. The number of hydrogen-bond acceptors (Lipinski definition) is 6. The molecule has 1 aromatic heterocycles. The van der Waals surface area contributed by atoms with Gasteiger partial charge in [0, 0.05) is 62.4 Å². The number of carboxylic acids is 1. The van der Waals surface area contributed by atoms with Crippen molar-refractivity contribution in [2.24, 2.45) is 5.92 Å². The van der Waals surface area contributed by atoms with Crippen LogP contribution in [-0.4, -0.2) is 73.1 Å². The first-order chi connectivity index (χ1) is 22.6. The average Bonchev–Trinajstić information content (AvgIpc) is 3.54. The van der Waals surface area contributed by atoms with Crippen molar-refractivity contribution < 1.29 is 29.0 Å². The molecule has 2 heterocycles. The fourth-order valence-corrected chi connectivity index (χ4v) is 5.81. The molecule has 11 nitrogen and oxygen atoms in total. The second-order valence-electron chi connectivity index (χ2n) is 11.5. The maximum atomic E-state index is 13.3. The van der Waals surface area contributed by atoms with Gasteiger partial charge in [-0.25, -0.2) is 4.79 Å². The number of carboxylic acid groups (broad SMARTS) is 1. The predicted octanol–water partition coefficient (Wildman–Crippen LogP) is 5.21. The minimum atomic E-state index is -0.962. The number of likely N-dealkylation sites (tertiary alicyclic amines) is 1. The van der Waals surface area contributed by atoms with Gasteiger partial charge in [0.05, 0.1) is 25.1 Å². The van der Waals surface area contributed by atoms with Crippen LogP contribution >= 0.6 is 0 Å².